The smallest absolute Gasteiger partial charge is 0.161 e. The zero-order valence-electron chi connectivity index (χ0n) is 17.2. The van der Waals surface area contributed by atoms with Gasteiger partial charge in [-0.1, -0.05) is 31.5 Å². The predicted octanol–water partition coefficient (Wildman–Crippen LogP) is 5.10. The van der Waals surface area contributed by atoms with Gasteiger partial charge >= 0.3 is 0 Å². The molecule has 156 valence electrons. The third-order valence-corrected chi connectivity index (χ3v) is 6.64. The fourth-order valence-corrected chi connectivity index (χ4v) is 4.92. The van der Waals surface area contributed by atoms with Crippen LogP contribution in [0.1, 0.15) is 49.7 Å². The summed E-state index contributed by atoms with van der Waals surface area (Å²) in [6.07, 6.45) is 5.75. The molecule has 0 bridgehead atoms. The summed E-state index contributed by atoms with van der Waals surface area (Å²) in [5, 5.41) is 4.29. The molecular formula is C23H25ClFN5. The number of piperidine rings is 1. The van der Waals surface area contributed by atoms with Crippen molar-refractivity contribution in [1.29, 1.82) is 0 Å². The van der Waals surface area contributed by atoms with Gasteiger partial charge in [-0.25, -0.2) is 14.4 Å². The Morgan fingerprint density at radius 3 is 2.73 bits per heavy atom. The zero-order chi connectivity index (χ0) is 20.9. The van der Waals surface area contributed by atoms with Gasteiger partial charge in [-0.3, -0.25) is 9.47 Å². The highest BCUT2D eigenvalue weighted by Crippen LogP contribution is 2.44. The van der Waals surface area contributed by atoms with Crippen molar-refractivity contribution in [3.63, 3.8) is 0 Å². The highest BCUT2D eigenvalue weighted by molar-refractivity contribution is 6.31. The van der Waals surface area contributed by atoms with Crippen LogP contribution >= 0.6 is 11.6 Å². The van der Waals surface area contributed by atoms with Crippen LogP contribution in [0.25, 0.3) is 5.82 Å². The lowest BCUT2D eigenvalue weighted by Gasteiger charge is -2.46. The van der Waals surface area contributed by atoms with Crippen molar-refractivity contribution in [2.24, 2.45) is 0 Å². The third kappa shape index (κ3) is 3.19. The van der Waals surface area contributed by atoms with E-state index >= 15 is 0 Å². The Hall–Kier alpha value is -2.44. The van der Waals surface area contributed by atoms with E-state index < -0.39 is 0 Å². The molecule has 3 aromatic rings. The second-order valence-corrected chi connectivity index (χ2v) is 8.99. The number of likely N-dealkylation sites (tertiary alicyclic amines) is 1. The van der Waals surface area contributed by atoms with Crippen molar-refractivity contribution in [2.45, 2.75) is 44.7 Å². The van der Waals surface area contributed by atoms with Gasteiger partial charge in [0, 0.05) is 36.8 Å². The Balaban J connectivity index is 1.43. The lowest BCUT2D eigenvalue weighted by molar-refractivity contribution is 0.161. The molecule has 1 fully saturated rings. The molecule has 1 spiro atoms. The van der Waals surface area contributed by atoms with Gasteiger partial charge in [-0.2, -0.15) is 0 Å². The molecule has 0 amide bonds. The van der Waals surface area contributed by atoms with E-state index in [1.807, 2.05) is 18.5 Å². The lowest BCUT2D eigenvalue weighted by atomic mass is 9.82. The van der Waals surface area contributed by atoms with Gasteiger partial charge in [0.25, 0.3) is 0 Å². The number of benzene rings is 1. The van der Waals surface area contributed by atoms with Crippen LogP contribution in [-0.4, -0.2) is 32.5 Å². The van der Waals surface area contributed by atoms with Crippen molar-refractivity contribution >= 4 is 17.3 Å². The fraction of sp³-hybridized carbons (Fsp3) is 0.391. The largest absolute Gasteiger partial charge is 0.371 e. The first-order valence-electron chi connectivity index (χ1n) is 10.4. The minimum absolute atomic E-state index is 0.167. The number of aromatic nitrogens is 3. The Morgan fingerprint density at radius 2 is 2.00 bits per heavy atom. The summed E-state index contributed by atoms with van der Waals surface area (Å²) < 4.78 is 15.6. The molecular weight excluding hydrogens is 401 g/mol. The maximum absolute atomic E-state index is 13.4. The topological polar surface area (TPSA) is 46.0 Å². The van der Waals surface area contributed by atoms with Crippen molar-refractivity contribution in [1.82, 2.24) is 19.4 Å². The highest BCUT2D eigenvalue weighted by atomic mass is 35.5. The van der Waals surface area contributed by atoms with Crippen LogP contribution in [0, 0.1) is 5.82 Å². The molecule has 30 heavy (non-hydrogen) atoms. The number of pyridine rings is 1. The van der Waals surface area contributed by atoms with Gasteiger partial charge in [0.1, 0.15) is 11.6 Å². The average Bonchev–Trinajstić information content (AvgIpc) is 3.19. The molecule has 1 N–H and O–H groups in total. The minimum atomic E-state index is -0.297. The van der Waals surface area contributed by atoms with Crippen LogP contribution in [0.15, 0.2) is 42.7 Å². The molecule has 4 heterocycles. The molecule has 5 rings (SSSR count). The lowest BCUT2D eigenvalue weighted by Crippen LogP contribution is -2.49. The molecule has 1 aromatic carbocycles. The minimum Gasteiger partial charge on any atom is -0.371 e. The molecule has 0 unspecified atom stereocenters. The van der Waals surface area contributed by atoms with E-state index in [1.165, 1.54) is 17.8 Å². The first-order chi connectivity index (χ1) is 14.5. The van der Waals surface area contributed by atoms with E-state index in [2.05, 4.69) is 39.7 Å². The SMILES string of the molecule is CC(C)c1ncc2n1-c1ncccc1NC21CCN(Cc2ccc(F)cc2Cl)CC1. The van der Waals surface area contributed by atoms with Crippen molar-refractivity contribution in [3.8, 4) is 5.82 Å². The van der Waals surface area contributed by atoms with Crippen LogP contribution in [0.4, 0.5) is 10.1 Å². The summed E-state index contributed by atoms with van der Waals surface area (Å²) in [5.41, 5.74) is 3.04. The first kappa shape index (κ1) is 19.5. The summed E-state index contributed by atoms with van der Waals surface area (Å²) >= 11 is 6.25. The van der Waals surface area contributed by atoms with Crippen LogP contribution in [0.3, 0.4) is 0 Å². The number of rotatable bonds is 3. The number of halogens is 2. The first-order valence-corrected chi connectivity index (χ1v) is 10.8. The van der Waals surface area contributed by atoms with Gasteiger partial charge in [-0.05, 0) is 42.7 Å². The van der Waals surface area contributed by atoms with Crippen LogP contribution < -0.4 is 5.32 Å². The Labute approximate surface area is 180 Å². The zero-order valence-corrected chi connectivity index (χ0v) is 18.0. The predicted molar refractivity (Wildman–Crippen MR) is 117 cm³/mol. The average molecular weight is 426 g/mol. The molecule has 1 saturated heterocycles. The summed E-state index contributed by atoms with van der Waals surface area (Å²) in [6, 6.07) is 8.73. The Morgan fingerprint density at radius 1 is 1.20 bits per heavy atom. The summed E-state index contributed by atoms with van der Waals surface area (Å²) in [4.78, 5) is 11.8. The molecule has 2 aliphatic heterocycles. The molecule has 0 aliphatic carbocycles. The summed E-state index contributed by atoms with van der Waals surface area (Å²) in [7, 11) is 0. The standard InChI is InChI=1S/C23H25ClFN5/c1-15(2)21-27-13-20-23(28-19-4-3-9-26-22(19)30(20)21)7-10-29(11-8-23)14-16-5-6-17(25)12-18(16)24/h3-6,9,12-13,15,28H,7-8,10-11,14H2,1-2H3. The van der Waals surface area contributed by atoms with E-state index in [1.54, 1.807) is 6.07 Å². The third-order valence-electron chi connectivity index (χ3n) is 6.29. The van der Waals surface area contributed by atoms with E-state index in [9.17, 15) is 4.39 Å². The monoisotopic (exact) mass is 425 g/mol. The summed E-state index contributed by atoms with van der Waals surface area (Å²) in [5.74, 6) is 1.99. The molecule has 0 atom stereocenters. The number of nitrogens with zero attached hydrogens (tertiary/aromatic N) is 4. The number of hydrogen-bond acceptors (Lipinski definition) is 4. The van der Waals surface area contributed by atoms with Crippen molar-refractivity contribution in [3.05, 3.63) is 70.6 Å². The van der Waals surface area contributed by atoms with Gasteiger partial charge in [0.05, 0.1) is 23.1 Å². The fourth-order valence-electron chi connectivity index (χ4n) is 4.69. The van der Waals surface area contributed by atoms with Gasteiger partial charge in [0.15, 0.2) is 5.82 Å². The van der Waals surface area contributed by atoms with Gasteiger partial charge < -0.3 is 5.32 Å². The van der Waals surface area contributed by atoms with Gasteiger partial charge in [-0.15, -0.1) is 0 Å². The Kier molecular flexibility index (Phi) is 4.79. The van der Waals surface area contributed by atoms with E-state index in [0.29, 0.717) is 10.9 Å². The molecule has 7 heteroatoms. The number of anilines is 1. The molecule has 0 radical (unpaired) electrons. The number of nitrogens with one attached hydrogen (secondary N) is 1. The van der Waals surface area contributed by atoms with E-state index in [4.69, 9.17) is 16.6 Å². The van der Waals surface area contributed by atoms with Crippen molar-refractivity contribution in [2.75, 3.05) is 18.4 Å². The Bertz CT molecular complexity index is 1080. The molecule has 2 aliphatic rings. The molecule has 5 nitrogen and oxygen atoms in total. The maximum atomic E-state index is 13.4. The van der Waals surface area contributed by atoms with E-state index in [-0.39, 0.29) is 11.4 Å². The van der Waals surface area contributed by atoms with Gasteiger partial charge in [0.2, 0.25) is 0 Å². The van der Waals surface area contributed by atoms with Crippen LogP contribution in [0.2, 0.25) is 5.02 Å². The van der Waals surface area contributed by atoms with Crippen molar-refractivity contribution < 1.29 is 4.39 Å². The molecule has 2 aromatic heterocycles. The maximum Gasteiger partial charge on any atom is 0.161 e. The van der Waals surface area contributed by atoms with E-state index in [0.717, 1.165) is 55.4 Å². The van der Waals surface area contributed by atoms with Crippen LogP contribution in [-0.2, 0) is 12.1 Å². The van der Waals surface area contributed by atoms with Crippen LogP contribution in [0.5, 0.6) is 0 Å². The highest BCUT2D eigenvalue weighted by Gasteiger charge is 2.43. The molecule has 0 saturated carbocycles. The number of hydrogen-bond donors (Lipinski definition) is 1. The number of imidazole rings is 1. The summed E-state index contributed by atoms with van der Waals surface area (Å²) in [6.45, 7) is 6.89. The second kappa shape index (κ2) is 7.36. The quantitative estimate of drug-likeness (QED) is 0.634. The number of fused-ring (bicyclic) bond motifs is 4. The normalized spacial score (nSPS) is 17.6. The second-order valence-electron chi connectivity index (χ2n) is 8.59.